The van der Waals surface area contributed by atoms with Crippen LogP contribution in [0.3, 0.4) is 0 Å². The van der Waals surface area contributed by atoms with Gasteiger partial charge < -0.3 is 19.2 Å². The van der Waals surface area contributed by atoms with Gasteiger partial charge in [-0.05, 0) is 103 Å². The highest BCUT2D eigenvalue weighted by atomic mass is 35.5. The lowest BCUT2D eigenvalue weighted by molar-refractivity contribution is 0.831. The zero-order valence-corrected chi connectivity index (χ0v) is 47.7. The molecule has 2 aliphatic heterocycles. The van der Waals surface area contributed by atoms with Crippen molar-refractivity contribution in [2.45, 2.75) is 158 Å². The summed E-state index contributed by atoms with van der Waals surface area (Å²) in [7, 11) is 0. The monoisotopic (exact) mass is 997 g/mol. The number of rotatable bonds is 14. The molecule has 0 spiro atoms. The largest absolute Gasteiger partial charge is 0.421 e. The molecular weight excluding hydrogens is 917 g/mol. The van der Waals surface area contributed by atoms with Gasteiger partial charge in [-0.2, -0.15) is 0 Å². The van der Waals surface area contributed by atoms with Gasteiger partial charge in [-0.1, -0.05) is 267 Å². The van der Waals surface area contributed by atoms with E-state index >= 15 is 0 Å². The number of halogens is 2. The Bertz CT molecular complexity index is 2550. The van der Waals surface area contributed by atoms with Gasteiger partial charge in [0.2, 0.25) is 0 Å². The van der Waals surface area contributed by atoms with Gasteiger partial charge in [0.1, 0.15) is 10.3 Å². The lowest BCUT2D eigenvalue weighted by atomic mass is 9.63. The Labute approximate surface area is 446 Å². The Morgan fingerprint density at radius 1 is 0.278 bits per heavy atom. The van der Waals surface area contributed by atoms with Gasteiger partial charge in [-0.15, -0.1) is 0 Å². The third-order valence-corrected chi connectivity index (χ3v) is 15.1. The second-order valence-corrected chi connectivity index (χ2v) is 23.2. The summed E-state index contributed by atoms with van der Waals surface area (Å²) in [6.45, 7) is 36.3. The molecule has 4 nitrogen and oxygen atoms in total. The van der Waals surface area contributed by atoms with Crippen LogP contribution in [0.25, 0.3) is 0 Å². The lowest BCUT2D eigenvalue weighted by Crippen LogP contribution is -2.55. The average molecular weight is 998 g/mol. The molecule has 0 aromatic heterocycles. The van der Waals surface area contributed by atoms with E-state index in [1.54, 1.807) is 0 Å². The number of hydrogen-bond donors (Lipinski definition) is 0. The second kappa shape index (κ2) is 23.3. The predicted octanol–water partition coefficient (Wildman–Crippen LogP) is 17.9. The quantitative estimate of drug-likeness (QED) is 0.0796. The molecule has 0 saturated heterocycles. The highest BCUT2D eigenvalue weighted by molar-refractivity contribution is 6.84. The first-order valence-electron chi connectivity index (χ1n) is 26.8. The van der Waals surface area contributed by atoms with Crippen molar-refractivity contribution < 1.29 is 0 Å². The third kappa shape index (κ3) is 11.0. The molecule has 6 aromatic rings. The maximum Gasteiger partial charge on any atom is 0.421 e. The van der Waals surface area contributed by atoms with Crippen LogP contribution in [0.4, 0.5) is 22.7 Å². The van der Waals surface area contributed by atoms with E-state index in [2.05, 4.69) is 276 Å². The van der Waals surface area contributed by atoms with Crippen molar-refractivity contribution >= 4 is 70.8 Å². The van der Waals surface area contributed by atoms with Crippen LogP contribution >= 0.6 is 23.2 Å². The second-order valence-electron chi connectivity index (χ2n) is 22.4. The number of anilines is 4. The summed E-state index contributed by atoms with van der Waals surface area (Å²) in [6.07, 6.45) is 4.32. The highest BCUT2D eigenvalue weighted by Gasteiger charge is 2.45. The van der Waals surface area contributed by atoms with E-state index in [1.165, 1.54) is 78.2 Å². The fourth-order valence-electron chi connectivity index (χ4n) is 10.9. The van der Waals surface area contributed by atoms with E-state index in [0.717, 1.165) is 10.3 Å². The molecule has 8 heteroatoms. The van der Waals surface area contributed by atoms with Crippen LogP contribution in [-0.4, -0.2) is 14.0 Å². The predicted molar refractivity (Wildman–Crippen MR) is 320 cm³/mol. The Balaban J connectivity index is 0.000000211. The first-order valence-corrected chi connectivity index (χ1v) is 27.5. The topological polar surface area (TPSA) is 13.0 Å². The first kappa shape index (κ1) is 54.5. The molecular formula is C64H80B2Cl2N4. The molecule has 72 heavy (non-hydrogen) atoms. The van der Waals surface area contributed by atoms with Crippen LogP contribution in [0.5, 0.6) is 0 Å². The number of benzene rings is 6. The Morgan fingerprint density at radius 3 is 0.694 bits per heavy atom. The van der Waals surface area contributed by atoms with E-state index in [1.807, 2.05) is 0 Å². The third-order valence-electron chi connectivity index (χ3n) is 14.5. The summed E-state index contributed by atoms with van der Waals surface area (Å²) in [4.78, 5) is 9.62. The maximum absolute atomic E-state index is 7.26. The van der Waals surface area contributed by atoms with Crippen molar-refractivity contribution in [3.63, 3.8) is 0 Å². The lowest BCUT2D eigenvalue weighted by Gasteiger charge is -2.36. The molecule has 0 bridgehead atoms. The molecule has 376 valence electrons. The van der Waals surface area contributed by atoms with Crippen molar-refractivity contribution in [1.82, 2.24) is 0 Å². The van der Waals surface area contributed by atoms with Gasteiger partial charge in [-0.25, -0.2) is 0 Å². The van der Waals surface area contributed by atoms with Gasteiger partial charge in [0, 0.05) is 35.1 Å². The number of nitrogens with zero attached hydrogens (tertiary/aromatic N) is 4. The van der Waals surface area contributed by atoms with Crippen molar-refractivity contribution in [3.8, 4) is 0 Å². The maximum atomic E-state index is 7.26. The van der Waals surface area contributed by atoms with E-state index in [9.17, 15) is 0 Å². The minimum Gasteiger partial charge on any atom is -0.365 e. The smallest absolute Gasteiger partial charge is 0.365 e. The molecule has 6 aromatic carbocycles. The SMILES string of the molecule is CC(C)c1cccc(C(C)C)c1N1C=C(Cl)N(c2c(C(C)C)cccc2C(C)C)B1c1ccccc1.CC(C)c1cccc(C(C)C)c1N1C=C(Cl)N(c2c(C(C)C)cccc2C(C)C)B1c1ccccc1. The Morgan fingerprint density at radius 2 is 0.486 bits per heavy atom. The van der Waals surface area contributed by atoms with Crippen molar-refractivity contribution in [2.24, 2.45) is 0 Å². The molecule has 0 saturated carbocycles. The van der Waals surface area contributed by atoms with Gasteiger partial charge >= 0.3 is 14.0 Å². The molecule has 0 atom stereocenters. The highest BCUT2D eigenvalue weighted by Crippen LogP contribution is 2.47. The van der Waals surface area contributed by atoms with Gasteiger partial charge in [-0.3, -0.25) is 0 Å². The Hall–Kier alpha value is -5.29. The molecule has 2 aliphatic rings. The van der Waals surface area contributed by atoms with Crippen LogP contribution < -0.4 is 30.2 Å². The van der Waals surface area contributed by atoms with Crippen LogP contribution in [0.15, 0.2) is 156 Å². The molecule has 2 heterocycles. The minimum atomic E-state index is -0.0755. The van der Waals surface area contributed by atoms with Gasteiger partial charge in [0.15, 0.2) is 0 Å². The Kier molecular flexibility index (Phi) is 17.6. The summed E-state index contributed by atoms with van der Waals surface area (Å²) < 4.78 is 0. The van der Waals surface area contributed by atoms with Gasteiger partial charge in [0.25, 0.3) is 0 Å². The zero-order valence-electron chi connectivity index (χ0n) is 46.2. The van der Waals surface area contributed by atoms with E-state index in [-0.39, 0.29) is 14.0 Å². The van der Waals surface area contributed by atoms with Crippen molar-refractivity contribution in [2.75, 3.05) is 19.2 Å². The van der Waals surface area contributed by atoms with Gasteiger partial charge in [0.05, 0.1) is 0 Å². The van der Waals surface area contributed by atoms with Crippen molar-refractivity contribution in [1.29, 1.82) is 0 Å². The summed E-state index contributed by atoms with van der Waals surface area (Å²) >= 11 is 14.5. The van der Waals surface area contributed by atoms with E-state index < -0.39 is 0 Å². The van der Waals surface area contributed by atoms with Crippen molar-refractivity contribution in [3.05, 3.63) is 201 Å². The molecule has 0 fully saturated rings. The summed E-state index contributed by atoms with van der Waals surface area (Å²) in [5.74, 6) is 3.09. The molecule has 0 N–H and O–H groups in total. The van der Waals surface area contributed by atoms with Crippen LogP contribution in [-0.2, 0) is 0 Å². The first-order chi connectivity index (χ1) is 34.3. The molecule has 0 unspecified atom stereocenters. The standard InChI is InChI=1S/2C32H40BClN2/c2*1-21(2)26-16-12-17-27(22(3)4)31(26)35-20-30(34)36(33(35)25-14-10-9-11-15-25)32-28(23(5)6)18-13-19-29(32)24(7)8/h2*9-24H,1-8H3. The summed E-state index contributed by atoms with van der Waals surface area (Å²) in [5, 5.41) is 1.51. The minimum absolute atomic E-state index is 0.0755. The molecule has 0 radical (unpaired) electrons. The zero-order chi connectivity index (χ0) is 52.3. The average Bonchev–Trinajstić information content (AvgIpc) is 3.88. The fraction of sp³-hybridized carbons (Fsp3) is 0.375. The number of para-hydroxylation sites is 4. The number of hydrogen-bond acceptors (Lipinski definition) is 4. The molecule has 0 amide bonds. The normalized spacial score (nSPS) is 14.1. The van der Waals surface area contributed by atoms with E-state index in [0.29, 0.717) is 47.3 Å². The van der Waals surface area contributed by atoms with Crippen LogP contribution in [0.1, 0.15) is 203 Å². The molecule has 8 rings (SSSR count). The van der Waals surface area contributed by atoms with E-state index in [4.69, 9.17) is 23.2 Å². The summed E-state index contributed by atoms with van der Waals surface area (Å²) in [5.41, 5.74) is 18.2. The van der Waals surface area contributed by atoms with Crippen LogP contribution in [0.2, 0.25) is 0 Å². The van der Waals surface area contributed by atoms with Crippen LogP contribution in [0, 0.1) is 0 Å². The summed E-state index contributed by atoms with van der Waals surface area (Å²) in [6, 6.07) is 48.6. The molecule has 0 aliphatic carbocycles. The fourth-order valence-corrected chi connectivity index (χ4v) is 11.4.